The number of aryl methyl sites for hydroxylation is 1. The molecule has 1 aromatic heterocycles. The maximum atomic E-state index is 5.82. The number of nitrogens with two attached hydrogens (primary N) is 1. The van der Waals surface area contributed by atoms with Crippen LogP contribution in [0.25, 0.3) is 32.9 Å². The lowest BCUT2D eigenvalue weighted by molar-refractivity contribution is 0.417. The molecule has 0 saturated carbocycles. The van der Waals surface area contributed by atoms with Crippen molar-refractivity contribution in [2.24, 2.45) is 5.73 Å². The number of hydrogen-bond acceptors (Lipinski definition) is 2. The normalized spacial score (nSPS) is 11.6. The summed E-state index contributed by atoms with van der Waals surface area (Å²) in [6.45, 7) is 5.23. The topological polar surface area (TPSA) is 51.0 Å². The first-order valence-electron chi connectivity index (χ1n) is 10.5. The molecule has 0 fully saturated rings. The van der Waals surface area contributed by atoms with Gasteiger partial charge in [0.15, 0.2) is 0 Å². The van der Waals surface area contributed by atoms with Gasteiger partial charge >= 0.3 is 0 Å². The molecule has 4 aromatic rings. The highest BCUT2D eigenvalue weighted by Gasteiger charge is 2.19. The van der Waals surface area contributed by atoms with Gasteiger partial charge in [0, 0.05) is 16.5 Å². The quantitative estimate of drug-likeness (QED) is 0.361. The summed E-state index contributed by atoms with van der Waals surface area (Å²) in [7, 11) is 1.75. The molecule has 0 spiro atoms. The van der Waals surface area contributed by atoms with Crippen molar-refractivity contribution in [3.05, 3.63) is 65.7 Å². The summed E-state index contributed by atoms with van der Waals surface area (Å²) in [6, 6.07) is 19.5. The maximum Gasteiger partial charge on any atom is 0.128 e. The van der Waals surface area contributed by atoms with Crippen LogP contribution in [0, 0.1) is 0 Å². The van der Waals surface area contributed by atoms with E-state index >= 15 is 0 Å². The Morgan fingerprint density at radius 2 is 1.72 bits per heavy atom. The van der Waals surface area contributed by atoms with E-state index in [1.807, 2.05) is 0 Å². The van der Waals surface area contributed by atoms with Crippen LogP contribution in [-0.2, 0) is 6.42 Å². The Balaban J connectivity index is 1.98. The summed E-state index contributed by atoms with van der Waals surface area (Å²) < 4.78 is 5.82. The number of ether oxygens (including phenoxy) is 1. The van der Waals surface area contributed by atoms with Gasteiger partial charge in [-0.15, -0.1) is 0 Å². The van der Waals surface area contributed by atoms with Gasteiger partial charge < -0.3 is 15.5 Å². The van der Waals surface area contributed by atoms with E-state index in [1.165, 1.54) is 38.5 Å². The van der Waals surface area contributed by atoms with Crippen molar-refractivity contribution in [3.8, 4) is 17.0 Å². The fourth-order valence-electron chi connectivity index (χ4n) is 4.30. The van der Waals surface area contributed by atoms with Gasteiger partial charge in [0.25, 0.3) is 0 Å². The van der Waals surface area contributed by atoms with Crippen molar-refractivity contribution in [1.82, 2.24) is 4.98 Å². The van der Waals surface area contributed by atoms with Gasteiger partial charge in [-0.25, -0.2) is 0 Å². The third-order valence-electron chi connectivity index (χ3n) is 5.81. The third kappa shape index (κ3) is 3.63. The first-order valence-corrected chi connectivity index (χ1v) is 10.5. The molecule has 3 heteroatoms. The number of hydrogen-bond donors (Lipinski definition) is 2. The molecule has 0 aliphatic heterocycles. The summed E-state index contributed by atoms with van der Waals surface area (Å²) in [5.41, 5.74) is 12.0. The van der Waals surface area contributed by atoms with Gasteiger partial charge in [0.2, 0.25) is 0 Å². The second-order valence-electron chi connectivity index (χ2n) is 8.05. The van der Waals surface area contributed by atoms with E-state index in [1.54, 1.807) is 7.11 Å². The second kappa shape index (κ2) is 8.30. The van der Waals surface area contributed by atoms with E-state index < -0.39 is 0 Å². The van der Waals surface area contributed by atoms with E-state index in [4.69, 9.17) is 10.5 Å². The van der Waals surface area contributed by atoms with Crippen LogP contribution in [-0.4, -0.2) is 18.6 Å². The summed E-state index contributed by atoms with van der Waals surface area (Å²) in [4.78, 5) is 3.79. The summed E-state index contributed by atoms with van der Waals surface area (Å²) in [6.07, 6.45) is 3.12. The second-order valence-corrected chi connectivity index (χ2v) is 8.05. The van der Waals surface area contributed by atoms with E-state index in [9.17, 15) is 0 Å². The van der Waals surface area contributed by atoms with E-state index in [0.717, 1.165) is 37.1 Å². The molecule has 0 bridgehead atoms. The number of benzene rings is 3. The van der Waals surface area contributed by atoms with Crippen molar-refractivity contribution in [2.45, 2.75) is 39.0 Å². The molecular formula is C26H30N2O. The molecule has 0 aliphatic carbocycles. The van der Waals surface area contributed by atoms with E-state index in [-0.39, 0.29) is 0 Å². The van der Waals surface area contributed by atoms with Crippen molar-refractivity contribution in [1.29, 1.82) is 0 Å². The fourth-order valence-corrected chi connectivity index (χ4v) is 4.30. The van der Waals surface area contributed by atoms with E-state index in [2.05, 4.69) is 73.4 Å². The molecule has 29 heavy (non-hydrogen) atoms. The van der Waals surface area contributed by atoms with Gasteiger partial charge in [0.1, 0.15) is 5.75 Å². The lowest BCUT2D eigenvalue weighted by Gasteiger charge is -2.12. The Morgan fingerprint density at radius 3 is 2.41 bits per heavy atom. The molecule has 0 amide bonds. The number of H-pyrrole nitrogens is 1. The van der Waals surface area contributed by atoms with Gasteiger partial charge in [-0.2, -0.15) is 0 Å². The molecule has 3 aromatic carbocycles. The Hall–Kier alpha value is -2.78. The first kappa shape index (κ1) is 19.5. The molecule has 0 saturated heterocycles. The number of rotatable bonds is 7. The molecule has 4 rings (SSSR count). The minimum atomic E-state index is 0.459. The number of unbranched alkanes of at least 4 members (excludes halogenated alkanes) is 1. The van der Waals surface area contributed by atoms with Crippen LogP contribution < -0.4 is 10.5 Å². The number of para-hydroxylation sites is 1. The molecule has 1 heterocycles. The predicted octanol–water partition coefficient (Wildman–Crippen LogP) is 6.40. The fraction of sp³-hybridized carbons (Fsp3) is 0.308. The maximum absolute atomic E-state index is 5.82. The SMILES string of the molecule is COc1cc2ccccc2cc1-c1[nH]c2c(C(C)C)cccc2c1CCCCN. The zero-order valence-corrected chi connectivity index (χ0v) is 17.6. The Labute approximate surface area is 172 Å². The highest BCUT2D eigenvalue weighted by atomic mass is 16.5. The van der Waals surface area contributed by atoms with Crippen LogP contribution >= 0.6 is 0 Å². The number of nitrogens with one attached hydrogen (secondary N) is 1. The summed E-state index contributed by atoms with van der Waals surface area (Å²) in [5.74, 6) is 1.36. The number of aromatic nitrogens is 1. The van der Waals surface area contributed by atoms with Crippen LogP contribution in [0.1, 0.15) is 43.7 Å². The summed E-state index contributed by atoms with van der Waals surface area (Å²) in [5, 5.41) is 3.73. The molecule has 3 nitrogen and oxygen atoms in total. The minimum absolute atomic E-state index is 0.459. The van der Waals surface area contributed by atoms with Crippen molar-refractivity contribution >= 4 is 21.7 Å². The van der Waals surface area contributed by atoms with Crippen LogP contribution in [0.5, 0.6) is 5.75 Å². The van der Waals surface area contributed by atoms with E-state index in [0.29, 0.717) is 5.92 Å². The average molecular weight is 387 g/mol. The van der Waals surface area contributed by atoms with Crippen molar-refractivity contribution in [3.63, 3.8) is 0 Å². The smallest absolute Gasteiger partial charge is 0.128 e. The molecule has 0 atom stereocenters. The molecule has 150 valence electrons. The van der Waals surface area contributed by atoms with Crippen LogP contribution in [0.2, 0.25) is 0 Å². The highest BCUT2D eigenvalue weighted by molar-refractivity contribution is 5.97. The molecule has 0 aliphatic rings. The van der Waals surface area contributed by atoms with Gasteiger partial charge in [-0.1, -0.05) is 56.3 Å². The van der Waals surface area contributed by atoms with Gasteiger partial charge in [-0.3, -0.25) is 0 Å². The van der Waals surface area contributed by atoms with Crippen LogP contribution in [0.3, 0.4) is 0 Å². The largest absolute Gasteiger partial charge is 0.496 e. The molecule has 3 N–H and O–H groups in total. The molecule has 0 unspecified atom stereocenters. The molecular weight excluding hydrogens is 356 g/mol. The van der Waals surface area contributed by atoms with Crippen molar-refractivity contribution < 1.29 is 4.74 Å². The van der Waals surface area contributed by atoms with Gasteiger partial charge in [-0.05, 0) is 65.8 Å². The minimum Gasteiger partial charge on any atom is -0.496 e. The number of methoxy groups -OCH3 is 1. The van der Waals surface area contributed by atoms with Crippen LogP contribution in [0.15, 0.2) is 54.6 Å². The first-order chi connectivity index (χ1) is 14.1. The Bertz CT molecular complexity index is 1140. The Morgan fingerprint density at radius 1 is 0.966 bits per heavy atom. The standard InChI is InChI=1S/C26H30N2O/c1-17(2)20-12-8-13-22-21(11-6-7-14-27)26(28-25(20)22)23-15-18-9-4-5-10-19(18)16-24(23)29-3/h4-5,8-10,12-13,15-17,28H,6-7,11,14,27H2,1-3H3. The zero-order valence-electron chi connectivity index (χ0n) is 17.6. The highest BCUT2D eigenvalue weighted by Crippen LogP contribution is 2.40. The third-order valence-corrected chi connectivity index (χ3v) is 5.81. The number of fused-ring (bicyclic) bond motifs is 2. The van der Waals surface area contributed by atoms with Crippen molar-refractivity contribution in [2.75, 3.05) is 13.7 Å². The predicted molar refractivity (Wildman–Crippen MR) is 124 cm³/mol. The summed E-state index contributed by atoms with van der Waals surface area (Å²) >= 11 is 0. The monoisotopic (exact) mass is 386 g/mol. The molecule has 0 radical (unpaired) electrons. The van der Waals surface area contributed by atoms with Crippen LogP contribution in [0.4, 0.5) is 0 Å². The zero-order chi connectivity index (χ0) is 20.4. The average Bonchev–Trinajstić information content (AvgIpc) is 3.11. The lowest BCUT2D eigenvalue weighted by Crippen LogP contribution is -1.99. The Kier molecular flexibility index (Phi) is 5.59. The number of aromatic amines is 1. The lowest BCUT2D eigenvalue weighted by atomic mass is 9.95. The van der Waals surface area contributed by atoms with Gasteiger partial charge in [0.05, 0.1) is 12.8 Å².